The Morgan fingerprint density at radius 3 is 2.39 bits per heavy atom. The predicted molar refractivity (Wildman–Crippen MR) is 74.3 cm³/mol. The molecule has 6 heteroatoms. The van der Waals surface area contributed by atoms with Crippen LogP contribution < -0.4 is 5.73 Å². The van der Waals surface area contributed by atoms with Crippen LogP contribution in [0.2, 0.25) is 0 Å². The van der Waals surface area contributed by atoms with Crippen molar-refractivity contribution in [2.45, 2.75) is 16.7 Å². The summed E-state index contributed by atoms with van der Waals surface area (Å²) in [7, 11) is -1.65. The third-order valence-electron chi connectivity index (χ3n) is 3.39. The number of methoxy groups -OCH3 is 1. The van der Waals surface area contributed by atoms with E-state index in [1.807, 2.05) is 24.3 Å². The van der Waals surface area contributed by atoms with Crippen LogP contribution in [0.5, 0.6) is 0 Å². The van der Waals surface area contributed by atoms with Gasteiger partial charge in [0.1, 0.15) is 0 Å². The Morgan fingerprint density at radius 2 is 1.94 bits per heavy atom. The fourth-order valence-corrected chi connectivity index (χ4v) is 4.75. The molecule has 0 radical (unpaired) electrons. The number of sulfone groups is 1. The molecule has 0 aromatic heterocycles. The van der Waals surface area contributed by atoms with Gasteiger partial charge >= 0.3 is 0 Å². The van der Waals surface area contributed by atoms with E-state index in [2.05, 4.69) is 15.9 Å². The summed E-state index contributed by atoms with van der Waals surface area (Å²) in [6, 6.07) is 7.58. The summed E-state index contributed by atoms with van der Waals surface area (Å²) in [4.78, 5) is 0. The molecule has 4 nitrogen and oxygen atoms in total. The fourth-order valence-electron chi connectivity index (χ4n) is 2.65. The van der Waals surface area contributed by atoms with Crippen LogP contribution in [0.1, 0.15) is 11.5 Å². The molecule has 0 unspecified atom stereocenters. The van der Waals surface area contributed by atoms with Crippen LogP contribution in [-0.4, -0.2) is 39.2 Å². The summed E-state index contributed by atoms with van der Waals surface area (Å²) in [6.45, 7) is 0.242. The van der Waals surface area contributed by atoms with Crippen molar-refractivity contribution in [1.29, 1.82) is 0 Å². The van der Waals surface area contributed by atoms with Crippen molar-refractivity contribution in [3.8, 4) is 0 Å². The van der Waals surface area contributed by atoms with Gasteiger partial charge in [0.25, 0.3) is 0 Å². The molecule has 0 amide bonds. The van der Waals surface area contributed by atoms with Gasteiger partial charge < -0.3 is 10.5 Å². The van der Waals surface area contributed by atoms with Crippen LogP contribution in [0.4, 0.5) is 0 Å². The zero-order chi connectivity index (χ0) is 13.6. The zero-order valence-corrected chi connectivity index (χ0v) is 12.7. The molecular weight excluding hydrogens is 318 g/mol. The SMILES string of the molecule is COC[C@@]1(N)[C@@H](c2ccc(Br)cc2)[C@@H]1S(C)(=O)=O. The summed E-state index contributed by atoms with van der Waals surface area (Å²) >= 11 is 3.35. The predicted octanol–water partition coefficient (Wildman–Crippen LogP) is 1.30. The lowest BCUT2D eigenvalue weighted by Gasteiger charge is -2.10. The third-order valence-corrected chi connectivity index (χ3v) is 5.55. The minimum absolute atomic E-state index is 0.194. The van der Waals surface area contributed by atoms with Crippen molar-refractivity contribution in [2.24, 2.45) is 5.73 Å². The van der Waals surface area contributed by atoms with Crippen molar-refractivity contribution in [3.63, 3.8) is 0 Å². The van der Waals surface area contributed by atoms with Gasteiger partial charge in [0, 0.05) is 23.8 Å². The van der Waals surface area contributed by atoms with Crippen LogP contribution in [0.25, 0.3) is 0 Å². The van der Waals surface area contributed by atoms with E-state index in [0.29, 0.717) is 0 Å². The fraction of sp³-hybridized carbons (Fsp3) is 0.500. The van der Waals surface area contributed by atoms with Gasteiger partial charge in [0.15, 0.2) is 9.84 Å². The van der Waals surface area contributed by atoms with Crippen molar-refractivity contribution in [1.82, 2.24) is 0 Å². The summed E-state index contributed by atoms with van der Waals surface area (Å²) in [5.74, 6) is -0.194. The Labute approximate surface area is 116 Å². The maximum Gasteiger partial charge on any atom is 0.152 e. The summed E-state index contributed by atoms with van der Waals surface area (Å²) in [6.07, 6.45) is 1.23. The molecule has 0 bridgehead atoms. The van der Waals surface area contributed by atoms with E-state index in [-0.39, 0.29) is 12.5 Å². The second kappa shape index (κ2) is 4.59. The highest BCUT2D eigenvalue weighted by atomic mass is 79.9. The highest BCUT2D eigenvalue weighted by molar-refractivity contribution is 9.10. The van der Waals surface area contributed by atoms with Crippen molar-refractivity contribution >= 4 is 25.8 Å². The average Bonchev–Trinajstić information content (AvgIpc) is 2.86. The molecule has 0 saturated heterocycles. The van der Waals surface area contributed by atoms with Gasteiger partial charge in [-0.2, -0.15) is 0 Å². The van der Waals surface area contributed by atoms with Crippen molar-refractivity contribution < 1.29 is 13.2 Å². The van der Waals surface area contributed by atoms with E-state index in [9.17, 15) is 8.42 Å². The summed E-state index contributed by atoms with van der Waals surface area (Å²) in [5, 5.41) is -0.564. The number of rotatable bonds is 4. The van der Waals surface area contributed by atoms with E-state index in [1.165, 1.54) is 13.4 Å². The highest BCUT2D eigenvalue weighted by Crippen LogP contribution is 2.54. The highest BCUT2D eigenvalue weighted by Gasteiger charge is 2.67. The third kappa shape index (κ3) is 2.34. The topological polar surface area (TPSA) is 69.4 Å². The van der Waals surface area contributed by atoms with E-state index in [1.54, 1.807) is 0 Å². The molecule has 2 N–H and O–H groups in total. The number of ether oxygens (including phenoxy) is 1. The van der Waals surface area contributed by atoms with Gasteiger partial charge in [-0.25, -0.2) is 8.42 Å². The molecule has 100 valence electrons. The molecular formula is C12H16BrNO3S. The first-order valence-corrected chi connectivity index (χ1v) is 8.27. The maximum absolute atomic E-state index is 11.8. The quantitative estimate of drug-likeness (QED) is 0.901. The largest absolute Gasteiger partial charge is 0.383 e. The maximum atomic E-state index is 11.8. The molecule has 1 fully saturated rings. The number of hydrogen-bond donors (Lipinski definition) is 1. The molecule has 1 aliphatic carbocycles. The summed E-state index contributed by atoms with van der Waals surface area (Å²) < 4.78 is 29.6. The molecule has 0 aliphatic heterocycles. The normalized spacial score (nSPS) is 31.3. The van der Waals surface area contributed by atoms with Crippen LogP contribution in [0.3, 0.4) is 0 Å². The van der Waals surface area contributed by atoms with Crippen molar-refractivity contribution in [2.75, 3.05) is 20.0 Å². The zero-order valence-electron chi connectivity index (χ0n) is 10.3. The lowest BCUT2D eigenvalue weighted by atomic mass is 10.1. The Kier molecular flexibility index (Phi) is 3.57. The molecule has 3 atom stereocenters. The lowest BCUT2D eigenvalue weighted by molar-refractivity contribution is 0.171. The van der Waals surface area contributed by atoms with Crippen LogP contribution in [0, 0.1) is 0 Å². The van der Waals surface area contributed by atoms with Gasteiger partial charge in [0.05, 0.1) is 17.4 Å². The number of halogens is 1. The lowest BCUT2D eigenvalue weighted by Crippen LogP contribution is -2.35. The Morgan fingerprint density at radius 1 is 1.39 bits per heavy atom. The molecule has 0 heterocycles. The monoisotopic (exact) mass is 333 g/mol. The Balaban J connectivity index is 2.35. The molecule has 1 aromatic carbocycles. The summed E-state index contributed by atoms with van der Waals surface area (Å²) in [5.41, 5.74) is 6.31. The first kappa shape index (κ1) is 14.0. The molecule has 1 aliphatic rings. The molecule has 18 heavy (non-hydrogen) atoms. The Hall–Kier alpha value is -0.430. The minimum Gasteiger partial charge on any atom is -0.383 e. The first-order valence-electron chi connectivity index (χ1n) is 5.53. The number of benzene rings is 1. The van der Waals surface area contributed by atoms with E-state index >= 15 is 0 Å². The van der Waals surface area contributed by atoms with Crippen LogP contribution >= 0.6 is 15.9 Å². The number of hydrogen-bond acceptors (Lipinski definition) is 4. The Bertz CT molecular complexity index is 543. The van der Waals surface area contributed by atoms with Gasteiger partial charge in [-0.1, -0.05) is 28.1 Å². The molecule has 2 rings (SSSR count). The van der Waals surface area contributed by atoms with Gasteiger partial charge in [-0.3, -0.25) is 0 Å². The smallest absolute Gasteiger partial charge is 0.152 e. The molecule has 1 aromatic rings. The molecule has 1 saturated carbocycles. The van der Waals surface area contributed by atoms with E-state index < -0.39 is 20.6 Å². The van der Waals surface area contributed by atoms with E-state index in [0.717, 1.165) is 10.0 Å². The first-order chi connectivity index (χ1) is 8.30. The minimum atomic E-state index is -3.18. The van der Waals surface area contributed by atoms with Gasteiger partial charge in [-0.05, 0) is 17.7 Å². The molecule has 0 spiro atoms. The number of nitrogens with two attached hydrogens (primary N) is 1. The second-order valence-corrected chi connectivity index (χ2v) is 7.91. The van der Waals surface area contributed by atoms with Gasteiger partial charge in [0.2, 0.25) is 0 Å². The second-order valence-electron chi connectivity index (χ2n) is 4.82. The van der Waals surface area contributed by atoms with E-state index in [4.69, 9.17) is 10.5 Å². The van der Waals surface area contributed by atoms with Crippen LogP contribution in [0.15, 0.2) is 28.7 Å². The van der Waals surface area contributed by atoms with Crippen molar-refractivity contribution in [3.05, 3.63) is 34.3 Å². The average molecular weight is 334 g/mol. The van der Waals surface area contributed by atoms with Gasteiger partial charge in [-0.15, -0.1) is 0 Å². The standard InChI is InChI=1S/C12H16BrNO3S/c1-17-7-12(14)10(11(12)18(2,15)16)8-3-5-9(13)6-4-8/h3-6,10-11H,7,14H2,1-2H3/t10-,11-,12+/m0/s1. The van der Waals surface area contributed by atoms with Crippen LogP contribution in [-0.2, 0) is 14.6 Å².